The van der Waals surface area contributed by atoms with Crippen molar-refractivity contribution >= 4 is 11.6 Å². The molecule has 0 fully saturated rings. The Hall–Kier alpha value is -3.48. The van der Waals surface area contributed by atoms with Crippen LogP contribution in [0.15, 0.2) is 64.3 Å². The molecule has 0 radical (unpaired) electrons. The second kappa shape index (κ2) is 8.04. The van der Waals surface area contributed by atoms with Crippen LogP contribution in [-0.4, -0.2) is 20.3 Å². The number of anilines is 1. The van der Waals surface area contributed by atoms with E-state index in [1.807, 2.05) is 24.3 Å². The standard InChI is InChI=1S/C21H22N4O3/c1-14(2)17-9-7-16(8-10-17)13-24-20(27)12-22-25(21(24)28)19-6-4-5-18(11-19)23-15(3)26/h4-12,14H,13H2,1-3H3,(H,23,26). The molecule has 2 aromatic carbocycles. The molecule has 0 saturated carbocycles. The van der Waals surface area contributed by atoms with Gasteiger partial charge in [0.25, 0.3) is 5.56 Å². The lowest BCUT2D eigenvalue weighted by Crippen LogP contribution is -2.40. The van der Waals surface area contributed by atoms with Gasteiger partial charge in [0.2, 0.25) is 5.91 Å². The Labute approximate surface area is 162 Å². The summed E-state index contributed by atoms with van der Waals surface area (Å²) < 4.78 is 2.29. The van der Waals surface area contributed by atoms with Gasteiger partial charge in [0, 0.05) is 12.6 Å². The average Bonchev–Trinajstić information content (AvgIpc) is 2.65. The van der Waals surface area contributed by atoms with Crippen molar-refractivity contribution in [3.63, 3.8) is 0 Å². The van der Waals surface area contributed by atoms with Crippen molar-refractivity contribution in [2.24, 2.45) is 0 Å². The second-order valence-corrected chi connectivity index (χ2v) is 6.89. The van der Waals surface area contributed by atoms with Crippen LogP contribution in [0.4, 0.5) is 5.69 Å². The summed E-state index contributed by atoms with van der Waals surface area (Å²) in [5, 5.41) is 6.63. The fourth-order valence-corrected chi connectivity index (χ4v) is 2.87. The van der Waals surface area contributed by atoms with Crippen LogP contribution < -0.4 is 16.6 Å². The monoisotopic (exact) mass is 378 g/mol. The third-order valence-corrected chi connectivity index (χ3v) is 4.36. The van der Waals surface area contributed by atoms with Crippen LogP contribution in [0.5, 0.6) is 0 Å². The highest BCUT2D eigenvalue weighted by atomic mass is 16.2. The molecular formula is C21H22N4O3. The van der Waals surface area contributed by atoms with Crippen LogP contribution in [0.25, 0.3) is 5.69 Å². The van der Waals surface area contributed by atoms with Crippen molar-refractivity contribution in [2.45, 2.75) is 33.2 Å². The van der Waals surface area contributed by atoms with E-state index in [9.17, 15) is 14.4 Å². The summed E-state index contributed by atoms with van der Waals surface area (Å²) >= 11 is 0. The van der Waals surface area contributed by atoms with Gasteiger partial charge in [-0.15, -0.1) is 0 Å². The first-order chi connectivity index (χ1) is 13.3. The van der Waals surface area contributed by atoms with Gasteiger partial charge in [0.15, 0.2) is 0 Å². The highest BCUT2D eigenvalue weighted by molar-refractivity contribution is 5.88. The SMILES string of the molecule is CC(=O)Nc1cccc(-n2ncc(=O)n(Cc3ccc(C(C)C)cc3)c2=O)c1. The molecule has 1 amide bonds. The van der Waals surface area contributed by atoms with E-state index in [0.29, 0.717) is 17.3 Å². The van der Waals surface area contributed by atoms with Gasteiger partial charge in [-0.1, -0.05) is 44.2 Å². The average molecular weight is 378 g/mol. The molecule has 0 atom stereocenters. The predicted molar refractivity (Wildman–Crippen MR) is 108 cm³/mol. The third kappa shape index (κ3) is 4.25. The maximum absolute atomic E-state index is 12.9. The molecule has 0 saturated heterocycles. The number of benzene rings is 2. The van der Waals surface area contributed by atoms with Gasteiger partial charge in [-0.2, -0.15) is 9.78 Å². The molecule has 28 heavy (non-hydrogen) atoms. The van der Waals surface area contributed by atoms with Gasteiger partial charge in [-0.25, -0.2) is 4.79 Å². The largest absolute Gasteiger partial charge is 0.352 e. The molecule has 0 aliphatic carbocycles. The van der Waals surface area contributed by atoms with E-state index >= 15 is 0 Å². The van der Waals surface area contributed by atoms with Gasteiger partial charge in [-0.05, 0) is 35.2 Å². The molecule has 1 heterocycles. The summed E-state index contributed by atoms with van der Waals surface area (Å²) in [5.74, 6) is 0.193. The Morgan fingerprint density at radius 2 is 1.82 bits per heavy atom. The van der Waals surface area contributed by atoms with Crippen molar-refractivity contribution < 1.29 is 4.79 Å². The topological polar surface area (TPSA) is 86.0 Å². The molecule has 0 unspecified atom stereocenters. The predicted octanol–water partition coefficient (Wildman–Crippen LogP) is 2.52. The molecule has 0 spiro atoms. The first kappa shape index (κ1) is 19.3. The number of nitrogens with zero attached hydrogens (tertiary/aromatic N) is 3. The molecule has 0 bridgehead atoms. The molecule has 0 aliphatic rings. The molecule has 3 rings (SSSR count). The van der Waals surface area contributed by atoms with Crippen LogP contribution >= 0.6 is 0 Å². The van der Waals surface area contributed by atoms with Crippen molar-refractivity contribution in [2.75, 3.05) is 5.32 Å². The number of nitrogens with one attached hydrogen (secondary N) is 1. The highest BCUT2D eigenvalue weighted by Gasteiger charge is 2.10. The second-order valence-electron chi connectivity index (χ2n) is 6.89. The zero-order valence-electron chi connectivity index (χ0n) is 16.0. The Kier molecular flexibility index (Phi) is 5.54. The summed E-state index contributed by atoms with van der Waals surface area (Å²) in [4.78, 5) is 36.4. The van der Waals surface area contributed by atoms with Gasteiger partial charge >= 0.3 is 5.69 Å². The molecule has 7 nitrogen and oxygen atoms in total. The first-order valence-corrected chi connectivity index (χ1v) is 9.01. The number of carbonyl (C=O) groups excluding carboxylic acids is 1. The Bertz CT molecular complexity index is 1110. The number of rotatable bonds is 5. The number of hydrogen-bond acceptors (Lipinski definition) is 4. The van der Waals surface area contributed by atoms with Crippen molar-refractivity contribution in [3.8, 4) is 5.69 Å². The highest BCUT2D eigenvalue weighted by Crippen LogP contribution is 2.15. The summed E-state index contributed by atoms with van der Waals surface area (Å²) in [6.07, 6.45) is 1.12. The summed E-state index contributed by atoms with van der Waals surface area (Å²) in [7, 11) is 0. The van der Waals surface area contributed by atoms with Crippen LogP contribution in [0, 0.1) is 0 Å². The van der Waals surface area contributed by atoms with E-state index < -0.39 is 11.2 Å². The normalized spacial score (nSPS) is 10.9. The molecule has 1 N–H and O–H groups in total. The molecule has 144 valence electrons. The van der Waals surface area contributed by atoms with E-state index in [0.717, 1.165) is 21.0 Å². The Morgan fingerprint density at radius 1 is 1.11 bits per heavy atom. The Balaban J connectivity index is 1.98. The van der Waals surface area contributed by atoms with Crippen molar-refractivity contribution in [3.05, 3.63) is 86.7 Å². The maximum atomic E-state index is 12.9. The summed E-state index contributed by atoms with van der Waals surface area (Å²) in [6, 6.07) is 14.6. The van der Waals surface area contributed by atoms with Gasteiger partial charge < -0.3 is 5.32 Å². The van der Waals surface area contributed by atoms with E-state index in [4.69, 9.17) is 0 Å². The van der Waals surface area contributed by atoms with Gasteiger partial charge in [-0.3, -0.25) is 14.2 Å². The lowest BCUT2D eigenvalue weighted by Gasteiger charge is -2.11. The fraction of sp³-hybridized carbons (Fsp3) is 0.238. The number of aromatic nitrogens is 3. The smallest absolute Gasteiger partial charge is 0.326 e. The van der Waals surface area contributed by atoms with E-state index in [1.165, 1.54) is 12.5 Å². The number of carbonyl (C=O) groups is 1. The minimum absolute atomic E-state index is 0.157. The number of amides is 1. The van der Waals surface area contributed by atoms with E-state index in [-0.39, 0.29) is 12.5 Å². The van der Waals surface area contributed by atoms with E-state index in [1.54, 1.807) is 24.3 Å². The quantitative estimate of drug-likeness (QED) is 0.739. The molecule has 0 aliphatic heterocycles. The van der Waals surface area contributed by atoms with Crippen molar-refractivity contribution in [1.82, 2.24) is 14.3 Å². The van der Waals surface area contributed by atoms with Crippen LogP contribution in [0.3, 0.4) is 0 Å². The van der Waals surface area contributed by atoms with Crippen LogP contribution in [0.2, 0.25) is 0 Å². The summed E-state index contributed by atoms with van der Waals surface area (Å²) in [6.45, 7) is 5.78. The van der Waals surface area contributed by atoms with Crippen LogP contribution in [-0.2, 0) is 11.3 Å². The van der Waals surface area contributed by atoms with Crippen LogP contribution in [0.1, 0.15) is 37.8 Å². The molecule has 7 heteroatoms. The molecular weight excluding hydrogens is 356 g/mol. The third-order valence-electron chi connectivity index (χ3n) is 4.36. The first-order valence-electron chi connectivity index (χ1n) is 9.01. The lowest BCUT2D eigenvalue weighted by molar-refractivity contribution is -0.114. The molecule has 3 aromatic rings. The number of hydrogen-bond donors (Lipinski definition) is 1. The minimum atomic E-state index is -0.541. The maximum Gasteiger partial charge on any atom is 0.352 e. The zero-order valence-corrected chi connectivity index (χ0v) is 16.0. The fourth-order valence-electron chi connectivity index (χ4n) is 2.87. The Morgan fingerprint density at radius 3 is 2.46 bits per heavy atom. The zero-order chi connectivity index (χ0) is 20.3. The van der Waals surface area contributed by atoms with Gasteiger partial charge in [0.05, 0.1) is 12.2 Å². The molecule has 1 aromatic heterocycles. The van der Waals surface area contributed by atoms with Gasteiger partial charge in [0.1, 0.15) is 6.20 Å². The van der Waals surface area contributed by atoms with E-state index in [2.05, 4.69) is 24.3 Å². The summed E-state index contributed by atoms with van der Waals surface area (Å²) in [5.41, 5.74) is 2.04. The lowest BCUT2D eigenvalue weighted by atomic mass is 10.0. The minimum Gasteiger partial charge on any atom is -0.326 e. The van der Waals surface area contributed by atoms with Crippen molar-refractivity contribution in [1.29, 1.82) is 0 Å².